The number of carbonyl (C=O) groups excluding carboxylic acids is 1. The van der Waals surface area contributed by atoms with Gasteiger partial charge in [0, 0.05) is 37.5 Å². The number of piperidine rings is 1. The molecule has 8 heteroatoms. The van der Waals surface area contributed by atoms with Crippen LogP contribution in [0, 0.1) is 11.7 Å². The number of hydrogen-bond acceptors (Lipinski definition) is 6. The van der Waals surface area contributed by atoms with Crippen LogP contribution in [-0.4, -0.2) is 35.5 Å². The maximum atomic E-state index is 13.1. The summed E-state index contributed by atoms with van der Waals surface area (Å²) in [5, 5.41) is 3.61. The van der Waals surface area contributed by atoms with E-state index >= 15 is 0 Å². The van der Waals surface area contributed by atoms with Crippen LogP contribution in [0.5, 0.6) is 0 Å². The highest BCUT2D eigenvalue weighted by atomic mass is 32.2. The predicted octanol–water partition coefficient (Wildman–Crippen LogP) is 2.70. The second-order valence-corrected chi connectivity index (χ2v) is 7.46. The first-order valence-electron chi connectivity index (χ1n) is 8.57. The normalized spacial score (nSPS) is 17.2. The molecule has 138 valence electrons. The third-order valence-electron chi connectivity index (χ3n) is 4.23. The van der Waals surface area contributed by atoms with Crippen LogP contribution >= 0.6 is 11.8 Å². The molecule has 1 fully saturated rings. The second kappa shape index (κ2) is 8.35. The molecule has 3 rings (SSSR count). The van der Waals surface area contributed by atoms with Gasteiger partial charge < -0.3 is 16.0 Å². The topological polar surface area (TPSA) is 84.1 Å². The molecule has 1 amide bonds. The van der Waals surface area contributed by atoms with E-state index in [4.69, 9.17) is 5.73 Å². The molecular weight excluding hydrogens is 353 g/mol. The van der Waals surface area contributed by atoms with Gasteiger partial charge >= 0.3 is 0 Å². The molecule has 1 saturated heterocycles. The van der Waals surface area contributed by atoms with Crippen LogP contribution < -0.4 is 16.0 Å². The largest absolute Gasteiger partial charge is 0.368 e. The Morgan fingerprint density at radius 1 is 1.38 bits per heavy atom. The molecular formula is C18H22FN5OS. The van der Waals surface area contributed by atoms with Crippen LogP contribution in [0.15, 0.2) is 40.3 Å². The van der Waals surface area contributed by atoms with Crippen molar-refractivity contribution in [2.24, 2.45) is 5.92 Å². The monoisotopic (exact) mass is 375 g/mol. The van der Waals surface area contributed by atoms with Crippen molar-refractivity contribution in [1.29, 1.82) is 0 Å². The summed E-state index contributed by atoms with van der Waals surface area (Å²) in [5.41, 5.74) is 5.90. The Morgan fingerprint density at radius 3 is 2.88 bits per heavy atom. The molecule has 0 spiro atoms. The average Bonchev–Trinajstić information content (AvgIpc) is 2.62. The first-order chi connectivity index (χ1) is 12.5. The van der Waals surface area contributed by atoms with Gasteiger partial charge in [0.1, 0.15) is 16.7 Å². The zero-order valence-electron chi connectivity index (χ0n) is 14.6. The Kier molecular flexibility index (Phi) is 5.92. The van der Waals surface area contributed by atoms with Crippen molar-refractivity contribution in [3.8, 4) is 0 Å². The van der Waals surface area contributed by atoms with Crippen molar-refractivity contribution >= 4 is 29.4 Å². The molecule has 2 heterocycles. The quantitative estimate of drug-likeness (QED) is 0.782. The van der Waals surface area contributed by atoms with Gasteiger partial charge in [-0.25, -0.2) is 9.37 Å². The lowest BCUT2D eigenvalue weighted by Gasteiger charge is -2.33. The summed E-state index contributed by atoms with van der Waals surface area (Å²) >= 11 is 1.42. The Bertz CT molecular complexity index is 771. The second-order valence-electron chi connectivity index (χ2n) is 6.37. The van der Waals surface area contributed by atoms with Crippen LogP contribution in [-0.2, 0) is 4.79 Å². The number of nitrogens with one attached hydrogen (secondary N) is 1. The lowest BCUT2D eigenvalue weighted by Crippen LogP contribution is -2.41. The van der Waals surface area contributed by atoms with Crippen LogP contribution in [0.25, 0.3) is 0 Å². The van der Waals surface area contributed by atoms with Gasteiger partial charge in [0.05, 0.1) is 0 Å². The van der Waals surface area contributed by atoms with Gasteiger partial charge in [0.2, 0.25) is 11.9 Å². The number of halogens is 1. The molecule has 1 atom stereocenters. The lowest BCUT2D eigenvalue weighted by molar-refractivity contribution is -0.119. The van der Waals surface area contributed by atoms with E-state index in [0.29, 0.717) is 12.5 Å². The fraction of sp³-hybridized carbons (Fsp3) is 0.389. The SMILES string of the molecule is CC(=O)NCC1CCCN(c2cc(Sc3ccc(F)cc3)nc(N)n2)C1. The molecule has 0 saturated carbocycles. The van der Waals surface area contributed by atoms with Crippen molar-refractivity contribution in [2.75, 3.05) is 30.3 Å². The van der Waals surface area contributed by atoms with Crippen LogP contribution in [0.3, 0.4) is 0 Å². The van der Waals surface area contributed by atoms with E-state index in [2.05, 4.69) is 20.2 Å². The first kappa shape index (κ1) is 18.4. The van der Waals surface area contributed by atoms with E-state index < -0.39 is 0 Å². The molecule has 26 heavy (non-hydrogen) atoms. The van der Waals surface area contributed by atoms with Crippen molar-refractivity contribution < 1.29 is 9.18 Å². The fourth-order valence-electron chi connectivity index (χ4n) is 3.00. The number of carbonyl (C=O) groups is 1. The third-order valence-corrected chi connectivity index (χ3v) is 5.15. The molecule has 6 nitrogen and oxygen atoms in total. The Morgan fingerprint density at radius 2 is 2.15 bits per heavy atom. The minimum atomic E-state index is -0.268. The van der Waals surface area contributed by atoms with Gasteiger partial charge in [-0.3, -0.25) is 4.79 Å². The third kappa shape index (κ3) is 5.08. The van der Waals surface area contributed by atoms with Crippen molar-refractivity contribution in [3.63, 3.8) is 0 Å². The minimum Gasteiger partial charge on any atom is -0.368 e. The summed E-state index contributed by atoms with van der Waals surface area (Å²) in [7, 11) is 0. The fourth-order valence-corrected chi connectivity index (χ4v) is 3.81. The minimum absolute atomic E-state index is 0.00797. The van der Waals surface area contributed by atoms with Gasteiger partial charge in [0.25, 0.3) is 0 Å². The zero-order chi connectivity index (χ0) is 18.5. The molecule has 1 aliphatic heterocycles. The summed E-state index contributed by atoms with van der Waals surface area (Å²) in [6, 6.07) is 8.17. The molecule has 0 radical (unpaired) electrons. The van der Waals surface area contributed by atoms with Gasteiger partial charge in [-0.05, 0) is 43.0 Å². The standard InChI is InChI=1S/C18H22FN5OS/c1-12(25)21-10-13-3-2-8-24(11-13)16-9-17(23-18(20)22-16)26-15-6-4-14(19)5-7-15/h4-7,9,13H,2-3,8,10-11H2,1H3,(H,21,25)(H2,20,22,23). The Hall–Kier alpha value is -2.35. The van der Waals surface area contributed by atoms with Crippen molar-refractivity contribution in [1.82, 2.24) is 15.3 Å². The van der Waals surface area contributed by atoms with Crippen molar-refractivity contribution in [2.45, 2.75) is 29.7 Å². The zero-order valence-corrected chi connectivity index (χ0v) is 15.4. The molecule has 1 aromatic heterocycles. The van der Waals surface area contributed by atoms with E-state index in [1.54, 1.807) is 12.1 Å². The molecule has 1 unspecified atom stereocenters. The molecule has 1 aliphatic rings. The van der Waals surface area contributed by atoms with E-state index in [1.165, 1.54) is 30.8 Å². The molecule has 2 aromatic rings. The first-order valence-corrected chi connectivity index (χ1v) is 9.38. The number of nitrogens with zero attached hydrogens (tertiary/aromatic N) is 3. The highest BCUT2D eigenvalue weighted by Gasteiger charge is 2.22. The Balaban J connectivity index is 1.72. The average molecular weight is 375 g/mol. The van der Waals surface area contributed by atoms with Gasteiger partial charge in [0.15, 0.2) is 0 Å². The Labute approximate surface area is 156 Å². The predicted molar refractivity (Wildman–Crippen MR) is 101 cm³/mol. The number of aromatic nitrogens is 2. The number of rotatable bonds is 5. The molecule has 3 N–H and O–H groups in total. The van der Waals surface area contributed by atoms with Gasteiger partial charge in [-0.2, -0.15) is 4.98 Å². The van der Waals surface area contributed by atoms with E-state index in [9.17, 15) is 9.18 Å². The van der Waals surface area contributed by atoms with Crippen LogP contribution in [0.1, 0.15) is 19.8 Å². The molecule has 0 aliphatic carbocycles. The summed E-state index contributed by atoms with van der Waals surface area (Å²) < 4.78 is 13.1. The molecule has 0 bridgehead atoms. The van der Waals surface area contributed by atoms with Gasteiger partial charge in [-0.15, -0.1) is 0 Å². The summed E-state index contributed by atoms with van der Waals surface area (Å²) in [4.78, 5) is 22.9. The van der Waals surface area contributed by atoms with E-state index in [1.807, 2.05) is 6.07 Å². The lowest BCUT2D eigenvalue weighted by atomic mass is 9.98. The number of nitrogens with two attached hydrogens (primary N) is 1. The number of hydrogen-bond donors (Lipinski definition) is 2. The summed E-state index contributed by atoms with van der Waals surface area (Å²) in [6.07, 6.45) is 2.11. The van der Waals surface area contributed by atoms with Crippen molar-refractivity contribution in [3.05, 3.63) is 36.1 Å². The maximum absolute atomic E-state index is 13.1. The van der Waals surface area contributed by atoms with E-state index in [-0.39, 0.29) is 17.7 Å². The highest BCUT2D eigenvalue weighted by molar-refractivity contribution is 7.99. The number of benzene rings is 1. The number of amides is 1. The van der Waals surface area contributed by atoms with Gasteiger partial charge in [-0.1, -0.05) is 11.8 Å². The number of nitrogen functional groups attached to an aromatic ring is 1. The highest BCUT2D eigenvalue weighted by Crippen LogP contribution is 2.30. The molecule has 1 aromatic carbocycles. The smallest absolute Gasteiger partial charge is 0.223 e. The van der Waals surface area contributed by atoms with Crippen LogP contribution in [0.2, 0.25) is 0 Å². The van der Waals surface area contributed by atoms with E-state index in [0.717, 1.165) is 41.7 Å². The summed E-state index contributed by atoms with van der Waals surface area (Å²) in [6.45, 7) is 3.92. The van der Waals surface area contributed by atoms with Crippen LogP contribution in [0.4, 0.5) is 16.2 Å². The number of anilines is 2. The summed E-state index contributed by atoms with van der Waals surface area (Å²) in [5.74, 6) is 1.12. The maximum Gasteiger partial charge on any atom is 0.223 e.